The van der Waals surface area contributed by atoms with Crippen molar-refractivity contribution in [1.82, 2.24) is 5.32 Å². The van der Waals surface area contributed by atoms with Crippen LogP contribution in [0.25, 0.3) is 0 Å². The molecule has 1 spiro atoms. The van der Waals surface area contributed by atoms with Gasteiger partial charge in [0.2, 0.25) is 0 Å². The maximum atomic E-state index is 3.50. The van der Waals surface area contributed by atoms with Crippen molar-refractivity contribution in [2.45, 2.75) is 39.2 Å². The van der Waals surface area contributed by atoms with E-state index in [9.17, 15) is 0 Å². The Bertz CT molecular complexity index is 136. The van der Waals surface area contributed by atoms with Crippen molar-refractivity contribution >= 4 is 0 Å². The smallest absolute Gasteiger partial charge is 0.00104 e. The van der Waals surface area contributed by atoms with E-state index >= 15 is 0 Å². The molecule has 0 aliphatic heterocycles. The average Bonchev–Trinajstić information content (AvgIpc) is 2.72. The molecule has 1 atom stereocenters. The first-order chi connectivity index (χ1) is 4.73. The number of hydrogen-bond acceptors (Lipinski definition) is 1. The van der Waals surface area contributed by atoms with Crippen molar-refractivity contribution < 1.29 is 0 Å². The highest BCUT2D eigenvalue weighted by atomic mass is 14.9. The van der Waals surface area contributed by atoms with Gasteiger partial charge in [0, 0.05) is 6.04 Å². The van der Waals surface area contributed by atoms with Gasteiger partial charge >= 0.3 is 0 Å². The zero-order valence-electron chi connectivity index (χ0n) is 6.98. The van der Waals surface area contributed by atoms with E-state index in [0.717, 1.165) is 11.3 Å². The Labute approximate surface area is 63.2 Å². The lowest BCUT2D eigenvalue weighted by atomic mass is 10.3. The monoisotopic (exact) mass is 139 g/mol. The van der Waals surface area contributed by atoms with Crippen LogP contribution in [0, 0.1) is 11.3 Å². The summed E-state index contributed by atoms with van der Waals surface area (Å²) in [7, 11) is 0. The van der Waals surface area contributed by atoms with Gasteiger partial charge in [-0.1, -0.05) is 13.8 Å². The third-order valence-electron chi connectivity index (χ3n) is 3.02. The summed E-state index contributed by atoms with van der Waals surface area (Å²) in [6.45, 7) is 5.72. The summed E-state index contributed by atoms with van der Waals surface area (Å²) in [6.07, 6.45) is 4.57. The summed E-state index contributed by atoms with van der Waals surface area (Å²) < 4.78 is 0. The van der Waals surface area contributed by atoms with Gasteiger partial charge < -0.3 is 5.32 Å². The molecule has 2 aliphatic carbocycles. The first-order valence-corrected chi connectivity index (χ1v) is 4.46. The molecule has 0 saturated heterocycles. The van der Waals surface area contributed by atoms with Gasteiger partial charge in [0.25, 0.3) is 0 Å². The van der Waals surface area contributed by atoms with Crippen LogP contribution in [0.1, 0.15) is 33.1 Å². The van der Waals surface area contributed by atoms with Crippen molar-refractivity contribution in [1.29, 1.82) is 0 Å². The fourth-order valence-corrected chi connectivity index (χ4v) is 1.87. The molecule has 1 N–H and O–H groups in total. The molecule has 2 rings (SSSR count). The Morgan fingerprint density at radius 3 is 2.60 bits per heavy atom. The molecule has 0 heterocycles. The highest BCUT2D eigenvalue weighted by Crippen LogP contribution is 2.70. The Morgan fingerprint density at radius 1 is 1.50 bits per heavy atom. The zero-order valence-corrected chi connectivity index (χ0v) is 6.98. The Kier molecular flexibility index (Phi) is 1.31. The SMILES string of the molecule is CC(C)NCC1CC12CC2. The predicted molar refractivity (Wildman–Crippen MR) is 42.9 cm³/mol. The summed E-state index contributed by atoms with van der Waals surface area (Å²) in [6, 6.07) is 0.677. The van der Waals surface area contributed by atoms with Crippen LogP contribution in [0.4, 0.5) is 0 Å². The van der Waals surface area contributed by atoms with E-state index < -0.39 is 0 Å². The van der Waals surface area contributed by atoms with Crippen LogP contribution in [-0.2, 0) is 0 Å². The Balaban J connectivity index is 1.65. The van der Waals surface area contributed by atoms with E-state index in [4.69, 9.17) is 0 Å². The molecule has 2 saturated carbocycles. The summed E-state index contributed by atoms with van der Waals surface area (Å²) in [4.78, 5) is 0. The van der Waals surface area contributed by atoms with E-state index in [1.807, 2.05) is 0 Å². The third-order valence-corrected chi connectivity index (χ3v) is 3.02. The Hall–Kier alpha value is -0.0400. The third kappa shape index (κ3) is 1.07. The predicted octanol–water partition coefficient (Wildman–Crippen LogP) is 1.78. The van der Waals surface area contributed by atoms with Crippen LogP contribution < -0.4 is 5.32 Å². The molecule has 0 aromatic heterocycles. The van der Waals surface area contributed by atoms with Crippen LogP contribution in [-0.4, -0.2) is 12.6 Å². The van der Waals surface area contributed by atoms with Crippen molar-refractivity contribution in [3.63, 3.8) is 0 Å². The van der Waals surface area contributed by atoms with Gasteiger partial charge in [-0.15, -0.1) is 0 Å². The van der Waals surface area contributed by atoms with Crippen LogP contribution in [0.15, 0.2) is 0 Å². The van der Waals surface area contributed by atoms with Gasteiger partial charge in [-0.2, -0.15) is 0 Å². The second-order valence-corrected chi connectivity index (χ2v) is 4.33. The molecule has 0 aromatic rings. The van der Waals surface area contributed by atoms with Crippen molar-refractivity contribution in [3.05, 3.63) is 0 Å². The van der Waals surface area contributed by atoms with E-state index in [-0.39, 0.29) is 0 Å². The number of rotatable bonds is 3. The highest BCUT2D eigenvalue weighted by molar-refractivity contribution is 5.12. The molecule has 0 aromatic carbocycles. The molecular weight excluding hydrogens is 122 g/mol. The fourth-order valence-electron chi connectivity index (χ4n) is 1.87. The summed E-state index contributed by atoms with van der Waals surface area (Å²) in [5.74, 6) is 1.05. The van der Waals surface area contributed by atoms with Gasteiger partial charge in [0.05, 0.1) is 0 Å². The Morgan fingerprint density at radius 2 is 2.20 bits per heavy atom. The van der Waals surface area contributed by atoms with Crippen molar-refractivity contribution in [2.75, 3.05) is 6.54 Å². The maximum Gasteiger partial charge on any atom is 0.00104 e. The van der Waals surface area contributed by atoms with Crippen LogP contribution in [0.5, 0.6) is 0 Å². The summed E-state index contributed by atoms with van der Waals surface area (Å²) >= 11 is 0. The van der Waals surface area contributed by atoms with Crippen LogP contribution in [0.2, 0.25) is 0 Å². The molecule has 0 bridgehead atoms. The molecule has 0 amide bonds. The topological polar surface area (TPSA) is 12.0 Å². The molecule has 2 aliphatic rings. The minimum Gasteiger partial charge on any atom is -0.314 e. The molecule has 10 heavy (non-hydrogen) atoms. The second-order valence-electron chi connectivity index (χ2n) is 4.33. The van der Waals surface area contributed by atoms with Crippen molar-refractivity contribution in [3.8, 4) is 0 Å². The van der Waals surface area contributed by atoms with Gasteiger partial charge in [0.15, 0.2) is 0 Å². The van der Waals surface area contributed by atoms with E-state index in [1.54, 1.807) is 0 Å². The first kappa shape index (κ1) is 6.66. The van der Waals surface area contributed by atoms with Crippen LogP contribution in [0.3, 0.4) is 0 Å². The summed E-state index contributed by atoms with van der Waals surface area (Å²) in [5, 5.41) is 3.50. The van der Waals surface area contributed by atoms with Gasteiger partial charge in [0.1, 0.15) is 0 Å². The molecule has 1 unspecified atom stereocenters. The maximum absolute atomic E-state index is 3.50. The quantitative estimate of drug-likeness (QED) is 0.628. The van der Waals surface area contributed by atoms with E-state index in [2.05, 4.69) is 19.2 Å². The fraction of sp³-hybridized carbons (Fsp3) is 1.00. The zero-order chi connectivity index (χ0) is 7.19. The lowest BCUT2D eigenvalue weighted by molar-refractivity contribution is 0.536. The van der Waals surface area contributed by atoms with Gasteiger partial charge in [-0.05, 0) is 37.1 Å². The van der Waals surface area contributed by atoms with Crippen LogP contribution >= 0.6 is 0 Å². The van der Waals surface area contributed by atoms with Gasteiger partial charge in [-0.25, -0.2) is 0 Å². The molecule has 1 nitrogen and oxygen atoms in total. The molecule has 1 heteroatoms. The molecule has 2 fully saturated rings. The number of hydrogen-bond donors (Lipinski definition) is 1. The lowest BCUT2D eigenvalue weighted by Crippen LogP contribution is -2.25. The minimum absolute atomic E-state index is 0.677. The first-order valence-electron chi connectivity index (χ1n) is 4.46. The minimum atomic E-state index is 0.677. The normalized spacial score (nSPS) is 33.3. The van der Waals surface area contributed by atoms with Gasteiger partial charge in [-0.3, -0.25) is 0 Å². The average molecular weight is 139 g/mol. The van der Waals surface area contributed by atoms with Crippen molar-refractivity contribution in [2.24, 2.45) is 11.3 Å². The lowest BCUT2D eigenvalue weighted by Gasteiger charge is -2.06. The molecule has 58 valence electrons. The largest absolute Gasteiger partial charge is 0.314 e. The standard InChI is InChI=1S/C9H17N/c1-7(2)10-6-8-5-9(8)3-4-9/h7-8,10H,3-6H2,1-2H3. The highest BCUT2D eigenvalue weighted by Gasteiger charge is 2.61. The second kappa shape index (κ2) is 1.97. The number of nitrogens with one attached hydrogen (secondary N) is 1. The van der Waals surface area contributed by atoms with E-state index in [1.165, 1.54) is 25.8 Å². The van der Waals surface area contributed by atoms with E-state index in [0.29, 0.717) is 6.04 Å². The molecular formula is C9H17N. The summed E-state index contributed by atoms with van der Waals surface area (Å²) in [5.41, 5.74) is 0.891. The molecule has 0 radical (unpaired) electrons.